The number of thiophene rings is 1. The Kier molecular flexibility index (Phi) is 3.92. The molecule has 1 aromatic carbocycles. The molecule has 0 radical (unpaired) electrons. The van der Waals surface area contributed by atoms with Crippen LogP contribution in [0.25, 0.3) is 0 Å². The third-order valence-corrected chi connectivity index (χ3v) is 4.40. The van der Waals surface area contributed by atoms with Crippen molar-refractivity contribution < 1.29 is 27.5 Å². The molecule has 0 bridgehead atoms. The van der Waals surface area contributed by atoms with Crippen LogP contribution in [0.4, 0.5) is 17.6 Å². The highest BCUT2D eigenvalue weighted by Gasteiger charge is 2.63. The summed E-state index contributed by atoms with van der Waals surface area (Å²) in [6.45, 7) is 0. The van der Waals surface area contributed by atoms with Crippen LogP contribution in [0.2, 0.25) is 0 Å². The van der Waals surface area contributed by atoms with Gasteiger partial charge in [-0.2, -0.15) is 23.3 Å². The number of hydrazone groups is 1. The molecule has 0 spiro atoms. The number of benzene rings is 1. The average Bonchev–Trinajstić information content (AvgIpc) is 3.15. The first-order valence-corrected chi connectivity index (χ1v) is 7.61. The van der Waals surface area contributed by atoms with E-state index in [9.17, 15) is 27.5 Å². The van der Waals surface area contributed by atoms with E-state index in [2.05, 4.69) is 5.10 Å². The molecular weight excluding hydrogens is 348 g/mol. The minimum Gasteiger partial charge on any atom is -0.362 e. The molecule has 9 heteroatoms. The van der Waals surface area contributed by atoms with Gasteiger partial charge in [-0.1, -0.05) is 18.2 Å². The largest absolute Gasteiger partial charge is 0.438 e. The maximum absolute atomic E-state index is 13.4. The highest BCUT2D eigenvalue weighted by molar-refractivity contribution is 7.12. The van der Waals surface area contributed by atoms with Gasteiger partial charge in [-0.05, 0) is 29.1 Å². The molecular formula is C15H10F4N2O2S. The Labute approximate surface area is 137 Å². The highest BCUT2D eigenvalue weighted by atomic mass is 32.1. The molecule has 0 aliphatic carbocycles. The molecule has 4 nitrogen and oxygen atoms in total. The Balaban J connectivity index is 2.03. The number of aliphatic hydroxyl groups is 1. The van der Waals surface area contributed by atoms with Crippen LogP contribution in [0.5, 0.6) is 0 Å². The van der Waals surface area contributed by atoms with E-state index in [0.717, 1.165) is 23.5 Å². The number of halogens is 4. The van der Waals surface area contributed by atoms with Crippen LogP contribution in [0.15, 0.2) is 46.9 Å². The number of hydrogen-bond acceptors (Lipinski definition) is 4. The molecule has 0 saturated heterocycles. The maximum Gasteiger partial charge on any atom is 0.438 e. The molecule has 1 atom stereocenters. The van der Waals surface area contributed by atoms with E-state index >= 15 is 0 Å². The Morgan fingerprint density at radius 1 is 1.25 bits per heavy atom. The molecule has 1 aromatic heterocycles. The molecule has 3 rings (SSSR count). The van der Waals surface area contributed by atoms with Crippen molar-refractivity contribution in [3.63, 3.8) is 0 Å². The third-order valence-electron chi connectivity index (χ3n) is 3.54. The van der Waals surface area contributed by atoms with Gasteiger partial charge in [-0.3, -0.25) is 4.79 Å². The van der Waals surface area contributed by atoms with Crippen LogP contribution < -0.4 is 0 Å². The van der Waals surface area contributed by atoms with E-state index in [-0.39, 0.29) is 21.2 Å². The fraction of sp³-hybridized carbons (Fsp3) is 0.200. The number of alkyl halides is 3. The lowest BCUT2D eigenvalue weighted by Gasteiger charge is -2.32. The summed E-state index contributed by atoms with van der Waals surface area (Å²) < 4.78 is 53.1. The Bertz CT molecular complexity index is 787. The SMILES string of the molecule is O=C(c1cccs1)N1N=C(c2ccc(F)cc2)C[C@]1(O)C(F)(F)F. The summed E-state index contributed by atoms with van der Waals surface area (Å²) in [7, 11) is 0. The number of carbonyl (C=O) groups is 1. The van der Waals surface area contributed by atoms with E-state index in [1.807, 2.05) is 0 Å². The van der Waals surface area contributed by atoms with Gasteiger partial charge in [-0.15, -0.1) is 11.3 Å². The van der Waals surface area contributed by atoms with Gasteiger partial charge in [0.1, 0.15) is 5.82 Å². The number of carbonyl (C=O) groups excluding carboxylic acids is 1. The van der Waals surface area contributed by atoms with Gasteiger partial charge in [0.25, 0.3) is 11.6 Å². The Hall–Kier alpha value is -2.26. The fourth-order valence-corrected chi connectivity index (χ4v) is 2.94. The van der Waals surface area contributed by atoms with Gasteiger partial charge in [0.05, 0.1) is 17.0 Å². The predicted octanol–water partition coefficient (Wildman–Crippen LogP) is 3.39. The van der Waals surface area contributed by atoms with Gasteiger partial charge in [-0.25, -0.2) is 4.39 Å². The van der Waals surface area contributed by atoms with Crippen molar-refractivity contribution in [1.82, 2.24) is 5.01 Å². The summed E-state index contributed by atoms with van der Waals surface area (Å²) in [6.07, 6.45) is -6.04. The quantitative estimate of drug-likeness (QED) is 0.837. The van der Waals surface area contributed by atoms with E-state index in [0.29, 0.717) is 0 Å². The van der Waals surface area contributed by atoms with Crippen molar-refractivity contribution in [3.8, 4) is 0 Å². The molecule has 2 aromatic rings. The first-order chi connectivity index (χ1) is 11.2. The van der Waals surface area contributed by atoms with E-state index in [1.165, 1.54) is 29.6 Å². The molecule has 24 heavy (non-hydrogen) atoms. The molecule has 1 aliphatic rings. The number of rotatable bonds is 2. The van der Waals surface area contributed by atoms with E-state index in [4.69, 9.17) is 0 Å². The smallest absolute Gasteiger partial charge is 0.362 e. The van der Waals surface area contributed by atoms with Crippen LogP contribution in [0, 0.1) is 5.82 Å². The number of amides is 1. The van der Waals surface area contributed by atoms with Crippen molar-refractivity contribution >= 4 is 23.0 Å². The van der Waals surface area contributed by atoms with E-state index in [1.54, 1.807) is 0 Å². The van der Waals surface area contributed by atoms with Crippen LogP contribution in [0.1, 0.15) is 21.7 Å². The van der Waals surface area contributed by atoms with Crippen molar-refractivity contribution in [1.29, 1.82) is 0 Å². The Morgan fingerprint density at radius 3 is 2.46 bits per heavy atom. The minimum atomic E-state index is -5.11. The van der Waals surface area contributed by atoms with Crippen molar-refractivity contribution in [2.45, 2.75) is 18.3 Å². The lowest BCUT2D eigenvalue weighted by atomic mass is 10.0. The summed E-state index contributed by atoms with van der Waals surface area (Å²) in [6, 6.07) is 7.46. The van der Waals surface area contributed by atoms with Gasteiger partial charge >= 0.3 is 6.18 Å². The molecule has 1 N–H and O–H groups in total. The first kappa shape index (κ1) is 16.6. The monoisotopic (exact) mass is 358 g/mol. The molecule has 126 valence electrons. The summed E-state index contributed by atoms with van der Waals surface area (Å²) >= 11 is 0.940. The average molecular weight is 358 g/mol. The molecule has 1 aliphatic heterocycles. The van der Waals surface area contributed by atoms with Crippen molar-refractivity contribution in [2.24, 2.45) is 5.10 Å². The molecule has 0 saturated carbocycles. The zero-order valence-electron chi connectivity index (χ0n) is 11.9. The fourth-order valence-electron chi connectivity index (χ4n) is 2.29. The standard InChI is InChI=1S/C15H10F4N2O2S/c16-10-5-3-9(4-6-10)11-8-14(23,15(17,18)19)21(20-11)13(22)12-2-1-7-24-12/h1-7,23H,8H2/t14-/m0/s1. The van der Waals surface area contributed by atoms with Crippen molar-refractivity contribution in [2.75, 3.05) is 0 Å². The van der Waals surface area contributed by atoms with Gasteiger partial charge in [0, 0.05) is 0 Å². The van der Waals surface area contributed by atoms with Crippen LogP contribution in [-0.4, -0.2) is 33.6 Å². The molecule has 0 unspecified atom stereocenters. The zero-order chi connectivity index (χ0) is 17.5. The number of nitrogens with zero attached hydrogens (tertiary/aromatic N) is 2. The number of hydrogen-bond donors (Lipinski definition) is 1. The Morgan fingerprint density at radius 2 is 1.92 bits per heavy atom. The molecule has 0 fully saturated rings. The topological polar surface area (TPSA) is 52.9 Å². The van der Waals surface area contributed by atoms with Crippen molar-refractivity contribution in [3.05, 3.63) is 58.0 Å². The molecule has 1 amide bonds. The van der Waals surface area contributed by atoms with Gasteiger partial charge in [0.2, 0.25) is 0 Å². The third kappa shape index (κ3) is 2.69. The normalized spacial score (nSPS) is 21.0. The lowest BCUT2D eigenvalue weighted by molar-refractivity contribution is -0.297. The summed E-state index contributed by atoms with van der Waals surface area (Å²) in [4.78, 5) is 12.3. The van der Waals surface area contributed by atoms with E-state index < -0.39 is 30.0 Å². The van der Waals surface area contributed by atoms with Gasteiger partial charge in [0.15, 0.2) is 0 Å². The summed E-state index contributed by atoms with van der Waals surface area (Å²) in [5.41, 5.74) is -3.40. The van der Waals surface area contributed by atoms with Crippen LogP contribution >= 0.6 is 11.3 Å². The summed E-state index contributed by atoms with van der Waals surface area (Å²) in [5.74, 6) is -1.61. The second-order valence-corrected chi connectivity index (χ2v) is 6.09. The highest BCUT2D eigenvalue weighted by Crippen LogP contribution is 2.42. The predicted molar refractivity (Wildman–Crippen MR) is 79.0 cm³/mol. The van der Waals surface area contributed by atoms with Crippen LogP contribution in [0.3, 0.4) is 0 Å². The second-order valence-electron chi connectivity index (χ2n) is 5.14. The van der Waals surface area contributed by atoms with Crippen LogP contribution in [-0.2, 0) is 0 Å². The lowest BCUT2D eigenvalue weighted by Crippen LogP contribution is -2.56. The minimum absolute atomic E-state index is 0.0155. The van der Waals surface area contributed by atoms with Gasteiger partial charge < -0.3 is 5.11 Å². The maximum atomic E-state index is 13.4. The first-order valence-electron chi connectivity index (χ1n) is 6.73. The summed E-state index contributed by atoms with van der Waals surface area (Å²) in [5, 5.41) is 15.4. The zero-order valence-corrected chi connectivity index (χ0v) is 12.7. The second kappa shape index (κ2) is 5.67. The molecule has 2 heterocycles.